The number of anilines is 1. The zero-order chi connectivity index (χ0) is 12.1. The Morgan fingerprint density at radius 3 is 2.65 bits per heavy atom. The van der Waals surface area contributed by atoms with Gasteiger partial charge in [-0.05, 0) is 36.6 Å². The number of rotatable bonds is 5. The second-order valence-corrected chi connectivity index (χ2v) is 4.50. The van der Waals surface area contributed by atoms with E-state index in [0.717, 1.165) is 11.7 Å². The van der Waals surface area contributed by atoms with Crippen LogP contribution in [0.5, 0.6) is 5.75 Å². The Bertz CT molecular complexity index is 388. The van der Waals surface area contributed by atoms with Crippen molar-refractivity contribution in [2.75, 3.05) is 24.6 Å². The SMILES string of the molecule is CCCC1CN(c2ccc(OCC#N)cc2)C1. The summed E-state index contributed by atoms with van der Waals surface area (Å²) in [4.78, 5) is 2.38. The lowest BCUT2D eigenvalue weighted by molar-refractivity contribution is 0.367. The van der Waals surface area contributed by atoms with Gasteiger partial charge in [0.25, 0.3) is 0 Å². The molecule has 1 fully saturated rings. The van der Waals surface area contributed by atoms with Gasteiger partial charge in [0.1, 0.15) is 11.8 Å². The summed E-state index contributed by atoms with van der Waals surface area (Å²) in [7, 11) is 0. The van der Waals surface area contributed by atoms with Gasteiger partial charge in [0, 0.05) is 18.8 Å². The van der Waals surface area contributed by atoms with Crippen molar-refractivity contribution in [1.29, 1.82) is 5.26 Å². The summed E-state index contributed by atoms with van der Waals surface area (Å²) in [6.45, 7) is 4.70. The van der Waals surface area contributed by atoms with Gasteiger partial charge in [-0.1, -0.05) is 13.3 Å². The molecule has 1 saturated heterocycles. The maximum Gasteiger partial charge on any atom is 0.174 e. The molecule has 0 aliphatic carbocycles. The Kier molecular flexibility index (Phi) is 3.87. The summed E-state index contributed by atoms with van der Waals surface area (Å²) in [5.41, 5.74) is 1.25. The fraction of sp³-hybridized carbons (Fsp3) is 0.500. The van der Waals surface area contributed by atoms with Gasteiger partial charge in [0.05, 0.1) is 0 Å². The van der Waals surface area contributed by atoms with E-state index in [0.29, 0.717) is 0 Å². The summed E-state index contributed by atoms with van der Waals surface area (Å²) < 4.78 is 5.22. The first-order valence-corrected chi connectivity index (χ1v) is 6.18. The van der Waals surface area contributed by atoms with E-state index < -0.39 is 0 Å². The van der Waals surface area contributed by atoms with Crippen LogP contribution in [0, 0.1) is 17.2 Å². The van der Waals surface area contributed by atoms with Crippen molar-refractivity contribution in [1.82, 2.24) is 0 Å². The second-order valence-electron chi connectivity index (χ2n) is 4.50. The fourth-order valence-corrected chi connectivity index (χ4v) is 2.24. The Balaban J connectivity index is 1.85. The highest BCUT2D eigenvalue weighted by molar-refractivity contribution is 5.51. The first kappa shape index (κ1) is 11.8. The van der Waals surface area contributed by atoms with Crippen LogP contribution in [0.25, 0.3) is 0 Å². The van der Waals surface area contributed by atoms with Crippen LogP contribution in [0.3, 0.4) is 0 Å². The summed E-state index contributed by atoms with van der Waals surface area (Å²) in [5.74, 6) is 1.63. The van der Waals surface area contributed by atoms with Crippen LogP contribution in [-0.2, 0) is 0 Å². The lowest BCUT2D eigenvalue weighted by Crippen LogP contribution is -2.46. The molecular weight excluding hydrogens is 212 g/mol. The predicted molar refractivity (Wildman–Crippen MR) is 68.2 cm³/mol. The maximum absolute atomic E-state index is 8.41. The van der Waals surface area contributed by atoms with Crippen molar-refractivity contribution in [3.05, 3.63) is 24.3 Å². The van der Waals surface area contributed by atoms with Crippen LogP contribution >= 0.6 is 0 Å². The molecule has 3 heteroatoms. The average Bonchev–Trinajstić information content (AvgIpc) is 2.32. The molecule has 0 unspecified atom stereocenters. The summed E-state index contributed by atoms with van der Waals surface area (Å²) >= 11 is 0. The molecule has 1 heterocycles. The molecule has 2 rings (SSSR count). The minimum Gasteiger partial charge on any atom is -0.479 e. The van der Waals surface area contributed by atoms with Crippen molar-refractivity contribution in [3.63, 3.8) is 0 Å². The summed E-state index contributed by atoms with van der Waals surface area (Å²) in [5, 5.41) is 8.41. The largest absolute Gasteiger partial charge is 0.479 e. The average molecular weight is 230 g/mol. The van der Waals surface area contributed by atoms with E-state index in [-0.39, 0.29) is 6.61 Å². The van der Waals surface area contributed by atoms with E-state index in [2.05, 4.69) is 24.0 Å². The topological polar surface area (TPSA) is 36.3 Å². The van der Waals surface area contributed by atoms with Crippen molar-refractivity contribution in [2.24, 2.45) is 5.92 Å². The molecular formula is C14H18N2O. The zero-order valence-corrected chi connectivity index (χ0v) is 10.2. The Morgan fingerprint density at radius 2 is 2.06 bits per heavy atom. The first-order valence-electron chi connectivity index (χ1n) is 6.18. The van der Waals surface area contributed by atoms with Crippen molar-refractivity contribution < 1.29 is 4.74 Å². The van der Waals surface area contributed by atoms with Gasteiger partial charge in [-0.15, -0.1) is 0 Å². The molecule has 0 spiro atoms. The Labute approximate surface area is 103 Å². The highest BCUT2D eigenvalue weighted by Crippen LogP contribution is 2.28. The summed E-state index contributed by atoms with van der Waals surface area (Å²) in [6.07, 6.45) is 2.61. The molecule has 0 N–H and O–H groups in total. The number of hydrogen-bond donors (Lipinski definition) is 0. The molecule has 0 amide bonds. The normalized spacial score (nSPS) is 15.2. The molecule has 90 valence electrons. The minimum absolute atomic E-state index is 0.113. The number of ether oxygens (including phenoxy) is 1. The standard InChI is InChI=1S/C14H18N2O/c1-2-3-12-10-16(11-12)13-4-6-14(7-5-13)17-9-8-15/h4-7,12H,2-3,9-11H2,1H3. The zero-order valence-electron chi connectivity index (χ0n) is 10.2. The van der Waals surface area contributed by atoms with Gasteiger partial charge in [0.15, 0.2) is 6.61 Å². The third kappa shape index (κ3) is 2.91. The van der Waals surface area contributed by atoms with Gasteiger partial charge in [0.2, 0.25) is 0 Å². The molecule has 17 heavy (non-hydrogen) atoms. The number of hydrogen-bond acceptors (Lipinski definition) is 3. The maximum atomic E-state index is 8.41. The van der Waals surface area contributed by atoms with E-state index in [9.17, 15) is 0 Å². The number of benzene rings is 1. The number of nitriles is 1. The Morgan fingerprint density at radius 1 is 1.35 bits per heavy atom. The van der Waals surface area contributed by atoms with E-state index in [1.54, 1.807) is 0 Å². The first-order chi connectivity index (χ1) is 8.33. The molecule has 0 bridgehead atoms. The third-order valence-corrected chi connectivity index (χ3v) is 3.16. The van der Waals surface area contributed by atoms with Crippen LogP contribution in [0.1, 0.15) is 19.8 Å². The van der Waals surface area contributed by atoms with Crippen molar-refractivity contribution in [2.45, 2.75) is 19.8 Å². The van der Waals surface area contributed by atoms with E-state index in [1.807, 2.05) is 18.2 Å². The van der Waals surface area contributed by atoms with Gasteiger partial charge < -0.3 is 9.64 Å². The smallest absolute Gasteiger partial charge is 0.174 e. The van der Waals surface area contributed by atoms with E-state index in [1.165, 1.54) is 31.6 Å². The molecule has 1 aromatic rings. The van der Waals surface area contributed by atoms with Crippen LogP contribution in [-0.4, -0.2) is 19.7 Å². The molecule has 3 nitrogen and oxygen atoms in total. The van der Waals surface area contributed by atoms with Gasteiger partial charge in [-0.25, -0.2) is 0 Å². The highest BCUT2D eigenvalue weighted by atomic mass is 16.5. The van der Waals surface area contributed by atoms with Crippen LogP contribution in [0.15, 0.2) is 24.3 Å². The highest BCUT2D eigenvalue weighted by Gasteiger charge is 2.25. The lowest BCUT2D eigenvalue weighted by Gasteiger charge is -2.41. The molecule has 1 aliphatic rings. The lowest BCUT2D eigenvalue weighted by atomic mass is 9.94. The number of nitrogens with zero attached hydrogens (tertiary/aromatic N) is 2. The molecule has 0 radical (unpaired) electrons. The van der Waals surface area contributed by atoms with E-state index >= 15 is 0 Å². The summed E-state index contributed by atoms with van der Waals surface area (Å²) in [6, 6.07) is 9.95. The fourth-order valence-electron chi connectivity index (χ4n) is 2.24. The quantitative estimate of drug-likeness (QED) is 0.780. The molecule has 1 aromatic carbocycles. The van der Waals surface area contributed by atoms with Gasteiger partial charge in [-0.2, -0.15) is 5.26 Å². The predicted octanol–water partition coefficient (Wildman–Crippen LogP) is 2.83. The molecule has 1 aliphatic heterocycles. The Hall–Kier alpha value is -1.69. The van der Waals surface area contributed by atoms with Gasteiger partial charge in [-0.3, -0.25) is 0 Å². The monoisotopic (exact) mass is 230 g/mol. The molecule has 0 saturated carbocycles. The molecule has 0 aromatic heterocycles. The van der Waals surface area contributed by atoms with Crippen LogP contribution < -0.4 is 9.64 Å². The van der Waals surface area contributed by atoms with Crippen LogP contribution in [0.4, 0.5) is 5.69 Å². The van der Waals surface area contributed by atoms with E-state index in [4.69, 9.17) is 10.00 Å². The second kappa shape index (κ2) is 5.58. The van der Waals surface area contributed by atoms with Gasteiger partial charge >= 0.3 is 0 Å². The minimum atomic E-state index is 0.113. The van der Waals surface area contributed by atoms with Crippen molar-refractivity contribution in [3.8, 4) is 11.8 Å². The van der Waals surface area contributed by atoms with Crippen LogP contribution in [0.2, 0.25) is 0 Å². The van der Waals surface area contributed by atoms with Crippen molar-refractivity contribution >= 4 is 5.69 Å². The molecule has 0 atom stereocenters. The third-order valence-electron chi connectivity index (χ3n) is 3.16.